The Morgan fingerprint density at radius 3 is 3.38 bits per heavy atom. The summed E-state index contributed by atoms with van der Waals surface area (Å²) in [6.07, 6.45) is 5.69. The van der Waals surface area contributed by atoms with Gasteiger partial charge in [0.25, 0.3) is 0 Å². The van der Waals surface area contributed by atoms with Crippen molar-refractivity contribution in [2.75, 3.05) is 0 Å². The van der Waals surface area contributed by atoms with Gasteiger partial charge in [-0.05, 0) is 32.6 Å². The SMILES string of the molecule is CC12CC1NN=IC1CCCC1O2. The van der Waals surface area contributed by atoms with Gasteiger partial charge in [-0.3, -0.25) is 0 Å². The Balaban J connectivity index is 1.82. The summed E-state index contributed by atoms with van der Waals surface area (Å²) in [5, 5.41) is 0. The van der Waals surface area contributed by atoms with E-state index in [1.54, 1.807) is 0 Å². The zero-order valence-corrected chi connectivity index (χ0v) is 9.95. The first-order valence-corrected chi connectivity index (χ1v) is 7.25. The molecule has 3 aliphatic rings. The minimum atomic E-state index is -0.00849. The standard InChI is InChI=1S/C9H15IN2O/c1-9-5-8(9)11-12-10-6-3-2-4-7(6)13-9/h6-8,11H,2-5H2,1H3. The molecule has 0 amide bonds. The van der Waals surface area contributed by atoms with Crippen molar-refractivity contribution in [1.82, 2.24) is 5.43 Å². The van der Waals surface area contributed by atoms with Crippen LogP contribution < -0.4 is 5.43 Å². The lowest BCUT2D eigenvalue weighted by Gasteiger charge is -2.23. The molecule has 0 aromatic heterocycles. The van der Waals surface area contributed by atoms with Crippen molar-refractivity contribution in [2.24, 2.45) is 3.25 Å². The van der Waals surface area contributed by atoms with Crippen LogP contribution in [0.25, 0.3) is 0 Å². The summed E-state index contributed by atoms with van der Waals surface area (Å²) in [5.74, 6) is 0. The lowest BCUT2D eigenvalue weighted by molar-refractivity contribution is -0.0166. The second-order valence-corrected chi connectivity index (χ2v) is 7.12. The first-order chi connectivity index (χ1) is 6.28. The molecule has 4 heteroatoms. The Kier molecular flexibility index (Phi) is 1.99. The molecule has 1 N–H and O–H groups in total. The molecule has 0 bridgehead atoms. The van der Waals surface area contributed by atoms with E-state index in [4.69, 9.17) is 4.74 Å². The number of ether oxygens (including phenoxy) is 1. The fraction of sp³-hybridized carbons (Fsp3) is 1.00. The van der Waals surface area contributed by atoms with Crippen LogP contribution in [0.3, 0.4) is 0 Å². The van der Waals surface area contributed by atoms with E-state index in [0.29, 0.717) is 12.1 Å². The highest BCUT2D eigenvalue weighted by Crippen LogP contribution is 2.46. The Morgan fingerprint density at radius 1 is 1.54 bits per heavy atom. The van der Waals surface area contributed by atoms with Crippen LogP contribution in [-0.2, 0) is 4.74 Å². The van der Waals surface area contributed by atoms with Crippen molar-refractivity contribution in [1.29, 1.82) is 0 Å². The monoisotopic (exact) mass is 294 g/mol. The summed E-state index contributed by atoms with van der Waals surface area (Å²) in [7, 11) is 0. The van der Waals surface area contributed by atoms with Gasteiger partial charge in [0.05, 0.1) is 21.7 Å². The predicted molar refractivity (Wildman–Crippen MR) is 58.9 cm³/mol. The van der Waals surface area contributed by atoms with Crippen LogP contribution in [0.4, 0.5) is 0 Å². The van der Waals surface area contributed by atoms with Gasteiger partial charge in [-0.25, -0.2) is 5.43 Å². The fourth-order valence-corrected chi connectivity index (χ4v) is 4.72. The maximum Gasteiger partial charge on any atom is 0.0847 e. The van der Waals surface area contributed by atoms with Crippen LogP contribution in [-0.4, -0.2) is 21.7 Å². The van der Waals surface area contributed by atoms with Crippen molar-refractivity contribution in [2.45, 2.75) is 54.3 Å². The third-order valence-corrected chi connectivity index (χ3v) is 6.06. The highest BCUT2D eigenvalue weighted by molar-refractivity contribution is 14.2. The second kappa shape index (κ2) is 2.97. The van der Waals surface area contributed by atoms with Crippen LogP contribution in [0.5, 0.6) is 0 Å². The molecule has 2 saturated carbocycles. The number of hydrogen-bond acceptors (Lipinski definition) is 3. The zero-order valence-electron chi connectivity index (χ0n) is 7.79. The molecule has 74 valence electrons. The number of nitrogens with one attached hydrogen (secondary N) is 1. The molecule has 1 heterocycles. The second-order valence-electron chi connectivity index (χ2n) is 4.48. The smallest absolute Gasteiger partial charge is 0.0847 e. The maximum atomic E-state index is 6.18. The van der Waals surface area contributed by atoms with Crippen molar-refractivity contribution in [3.63, 3.8) is 0 Å². The normalized spacial score (nSPS) is 54.1. The Hall–Kier alpha value is 0.450. The number of alkyl halides is 1. The molecule has 13 heavy (non-hydrogen) atoms. The molecule has 0 saturated heterocycles. The van der Waals surface area contributed by atoms with E-state index < -0.39 is 0 Å². The topological polar surface area (TPSA) is 33.6 Å². The maximum absolute atomic E-state index is 6.18. The van der Waals surface area contributed by atoms with Crippen molar-refractivity contribution in [3.8, 4) is 0 Å². The molecule has 0 aromatic carbocycles. The zero-order chi connectivity index (χ0) is 8.89. The van der Waals surface area contributed by atoms with Crippen LogP contribution in [0.15, 0.2) is 3.25 Å². The van der Waals surface area contributed by atoms with E-state index in [1.807, 2.05) is 0 Å². The Labute approximate surface area is 88.7 Å². The highest BCUT2D eigenvalue weighted by Gasteiger charge is 2.54. The summed E-state index contributed by atoms with van der Waals surface area (Å²) in [6, 6.07) is 0.522. The van der Waals surface area contributed by atoms with E-state index in [9.17, 15) is 0 Å². The third-order valence-electron chi connectivity index (χ3n) is 3.36. The molecule has 0 radical (unpaired) electrons. The summed E-state index contributed by atoms with van der Waals surface area (Å²) in [4.78, 5) is 0. The fourth-order valence-electron chi connectivity index (χ4n) is 2.28. The van der Waals surface area contributed by atoms with E-state index in [1.165, 1.54) is 19.3 Å². The number of fused-ring (bicyclic) bond motifs is 2. The molecule has 0 spiro atoms. The average molecular weight is 294 g/mol. The number of hydrogen-bond donors (Lipinski definition) is 1. The van der Waals surface area contributed by atoms with E-state index in [2.05, 4.69) is 15.6 Å². The third kappa shape index (κ3) is 1.47. The molecule has 0 aromatic rings. The molecular weight excluding hydrogens is 279 g/mol. The van der Waals surface area contributed by atoms with Gasteiger partial charge >= 0.3 is 0 Å². The van der Waals surface area contributed by atoms with E-state index in [-0.39, 0.29) is 26.6 Å². The van der Waals surface area contributed by atoms with E-state index in [0.717, 1.165) is 10.3 Å². The molecule has 1 aliphatic heterocycles. The summed E-state index contributed by atoms with van der Waals surface area (Å²) in [6.45, 7) is 2.22. The van der Waals surface area contributed by atoms with Gasteiger partial charge in [-0.15, -0.1) is 0 Å². The van der Waals surface area contributed by atoms with Gasteiger partial charge in [-0.2, -0.15) is 3.25 Å². The molecule has 4 atom stereocenters. The molecule has 2 fully saturated rings. The first kappa shape index (κ1) is 8.73. The van der Waals surface area contributed by atoms with Gasteiger partial charge in [0.15, 0.2) is 0 Å². The highest BCUT2D eigenvalue weighted by atomic mass is 127. The quantitative estimate of drug-likeness (QED) is 0.548. The van der Waals surface area contributed by atoms with Crippen LogP contribution in [0.1, 0.15) is 32.6 Å². The molecule has 3 nitrogen and oxygen atoms in total. The number of nitrogens with zero attached hydrogens (tertiary/aromatic N) is 1. The number of rotatable bonds is 0. The first-order valence-electron chi connectivity index (χ1n) is 5.04. The lowest BCUT2D eigenvalue weighted by Crippen LogP contribution is -2.32. The molecule has 2 aliphatic carbocycles. The Morgan fingerprint density at radius 2 is 2.46 bits per heavy atom. The molecule has 3 rings (SSSR count). The van der Waals surface area contributed by atoms with Crippen LogP contribution in [0, 0.1) is 0 Å². The van der Waals surface area contributed by atoms with Crippen molar-refractivity contribution < 1.29 is 4.74 Å². The largest absolute Gasteiger partial charge is 0.369 e. The van der Waals surface area contributed by atoms with Crippen molar-refractivity contribution >= 4 is 21.0 Å². The summed E-state index contributed by atoms with van der Waals surface area (Å²) >= 11 is -0.00849. The van der Waals surface area contributed by atoms with Gasteiger partial charge < -0.3 is 4.74 Å². The van der Waals surface area contributed by atoms with Gasteiger partial charge in [0.1, 0.15) is 0 Å². The minimum absolute atomic E-state index is 0.00849. The van der Waals surface area contributed by atoms with Crippen molar-refractivity contribution in [3.05, 3.63) is 0 Å². The molecular formula is C9H15IN2O. The number of halogens is 1. The van der Waals surface area contributed by atoms with Gasteiger partial charge in [-0.1, -0.05) is 0 Å². The Bertz CT molecular complexity index is 258. The van der Waals surface area contributed by atoms with Gasteiger partial charge in [0.2, 0.25) is 0 Å². The average Bonchev–Trinajstić information content (AvgIpc) is 2.53. The van der Waals surface area contributed by atoms with Gasteiger partial charge in [0, 0.05) is 21.0 Å². The van der Waals surface area contributed by atoms with E-state index >= 15 is 0 Å². The lowest BCUT2D eigenvalue weighted by atomic mass is 10.3. The summed E-state index contributed by atoms with van der Waals surface area (Å²) in [5.41, 5.74) is 3.39. The molecule has 4 unspecified atom stereocenters. The van der Waals surface area contributed by atoms with Crippen LogP contribution in [0.2, 0.25) is 0 Å². The van der Waals surface area contributed by atoms with Crippen LogP contribution >= 0.6 is 21.0 Å². The minimum Gasteiger partial charge on any atom is -0.369 e. The summed E-state index contributed by atoms with van der Waals surface area (Å²) < 4.78 is 11.5. The predicted octanol–water partition coefficient (Wildman–Crippen LogP) is 2.13.